The molecule has 2 atom stereocenters. The number of nitrogens with zero attached hydrogens (tertiary/aromatic N) is 2. The molecule has 1 aliphatic carbocycles. The molecule has 2 aliphatic heterocycles. The van der Waals surface area contributed by atoms with E-state index in [4.69, 9.17) is 4.98 Å². The summed E-state index contributed by atoms with van der Waals surface area (Å²) in [5, 5.41) is 7.09. The summed E-state index contributed by atoms with van der Waals surface area (Å²) in [6, 6.07) is 18.4. The number of aromatic amines is 2. The lowest BCUT2D eigenvalue weighted by Crippen LogP contribution is -2.14. The van der Waals surface area contributed by atoms with Gasteiger partial charge in [-0.3, -0.25) is 0 Å². The fourth-order valence-electron chi connectivity index (χ4n) is 5.62. The maximum Gasteiger partial charge on any atom is 0.124 e. The van der Waals surface area contributed by atoms with E-state index in [2.05, 4.69) is 74.1 Å². The van der Waals surface area contributed by atoms with Crippen LogP contribution >= 0.6 is 0 Å². The molecule has 3 aliphatic rings. The van der Waals surface area contributed by atoms with Gasteiger partial charge in [-0.25, -0.2) is 9.97 Å². The Balaban J connectivity index is 0.00000105. The summed E-state index contributed by atoms with van der Waals surface area (Å²) in [4.78, 5) is 16.9. The number of aromatic nitrogens is 4. The van der Waals surface area contributed by atoms with Gasteiger partial charge < -0.3 is 20.6 Å². The maximum atomic E-state index is 5.07. The molecule has 0 radical (unpaired) electrons. The lowest BCUT2D eigenvalue weighted by Gasteiger charge is -2.07. The van der Waals surface area contributed by atoms with Crippen LogP contribution in [-0.4, -0.2) is 33.0 Å². The van der Waals surface area contributed by atoms with Crippen molar-refractivity contribution in [2.45, 2.75) is 56.5 Å². The molecule has 4 heterocycles. The lowest BCUT2D eigenvalue weighted by atomic mass is 10.00. The van der Waals surface area contributed by atoms with Crippen molar-refractivity contribution in [3.63, 3.8) is 0 Å². The first-order chi connectivity index (χ1) is 17.3. The molecule has 4 N–H and O–H groups in total. The topological polar surface area (TPSA) is 81.4 Å². The third-order valence-corrected chi connectivity index (χ3v) is 7.80. The second-order valence-corrected chi connectivity index (χ2v) is 10.3. The van der Waals surface area contributed by atoms with Crippen LogP contribution in [0, 0.1) is 0 Å². The quantitative estimate of drug-likeness (QED) is 0.247. The standard InChI is InChI=1S/C29H32N6.4H2/c1-3-23(30-15-1)28-32-17-25(33-28)20-9-5-18(6-10-20)19-7-11-21(12-8-19)26-27(22-13-14-22)35-29(34-26)24-4-2-16-31-24;;;;/h5-12,17,22-24,30-31H,1-4,13-16H2,(H,32,33)(H,34,35);4*1H/t23-,24-;;;;/m0..../s1. The van der Waals surface area contributed by atoms with Crippen molar-refractivity contribution in [3.8, 4) is 33.6 Å². The summed E-state index contributed by atoms with van der Waals surface area (Å²) >= 11 is 0. The number of hydrogen-bond donors (Lipinski definition) is 4. The Hall–Kier alpha value is -3.22. The van der Waals surface area contributed by atoms with Crippen molar-refractivity contribution in [1.82, 2.24) is 30.6 Å². The van der Waals surface area contributed by atoms with Gasteiger partial charge in [0.25, 0.3) is 0 Å². The second kappa shape index (κ2) is 8.77. The number of hydrogen-bond acceptors (Lipinski definition) is 4. The van der Waals surface area contributed by atoms with Crippen LogP contribution in [0.25, 0.3) is 33.6 Å². The molecule has 6 heteroatoms. The summed E-state index contributed by atoms with van der Waals surface area (Å²) in [6.45, 7) is 2.17. The fourth-order valence-corrected chi connectivity index (χ4v) is 5.62. The highest BCUT2D eigenvalue weighted by molar-refractivity contribution is 5.72. The molecule has 186 valence electrons. The number of rotatable bonds is 6. The second-order valence-electron chi connectivity index (χ2n) is 10.3. The van der Waals surface area contributed by atoms with Gasteiger partial charge >= 0.3 is 0 Å². The van der Waals surface area contributed by atoms with Crippen molar-refractivity contribution >= 4 is 0 Å². The van der Waals surface area contributed by atoms with Gasteiger partial charge in [0, 0.05) is 22.9 Å². The molecule has 1 saturated carbocycles. The molecule has 3 fully saturated rings. The molecular formula is C29H40N6. The zero-order valence-corrected chi connectivity index (χ0v) is 20.0. The van der Waals surface area contributed by atoms with Crippen LogP contribution in [0.1, 0.15) is 79.6 Å². The molecule has 0 unspecified atom stereocenters. The van der Waals surface area contributed by atoms with Crippen LogP contribution in [0.5, 0.6) is 0 Å². The molecule has 0 bridgehead atoms. The smallest absolute Gasteiger partial charge is 0.124 e. The Bertz CT molecular complexity index is 1320. The van der Waals surface area contributed by atoms with Crippen LogP contribution in [-0.2, 0) is 0 Å². The summed E-state index contributed by atoms with van der Waals surface area (Å²) in [7, 11) is 0. The van der Waals surface area contributed by atoms with Crippen molar-refractivity contribution in [3.05, 3.63) is 72.1 Å². The summed E-state index contributed by atoms with van der Waals surface area (Å²) in [5.41, 5.74) is 8.37. The highest BCUT2D eigenvalue weighted by atomic mass is 15.1. The van der Waals surface area contributed by atoms with Gasteiger partial charge in [0.2, 0.25) is 0 Å². The largest absolute Gasteiger partial charge is 0.344 e. The molecule has 2 aromatic carbocycles. The zero-order chi connectivity index (χ0) is 23.2. The summed E-state index contributed by atoms with van der Waals surface area (Å²) < 4.78 is 0. The molecule has 2 saturated heterocycles. The van der Waals surface area contributed by atoms with Crippen LogP contribution in [0.4, 0.5) is 0 Å². The summed E-state index contributed by atoms with van der Waals surface area (Å²) in [6.07, 6.45) is 9.26. The molecule has 7 rings (SSSR count). The van der Waals surface area contributed by atoms with Gasteiger partial charge in [0.15, 0.2) is 0 Å². The van der Waals surface area contributed by atoms with Gasteiger partial charge in [-0.1, -0.05) is 48.5 Å². The average Bonchev–Trinajstić information content (AvgIpc) is 3.44. The normalized spacial score (nSPS) is 22.2. The van der Waals surface area contributed by atoms with Gasteiger partial charge in [-0.05, 0) is 68.3 Å². The van der Waals surface area contributed by atoms with Crippen molar-refractivity contribution < 1.29 is 5.71 Å². The van der Waals surface area contributed by atoms with E-state index < -0.39 is 0 Å². The van der Waals surface area contributed by atoms with E-state index in [9.17, 15) is 0 Å². The molecule has 2 aromatic heterocycles. The number of imidazole rings is 2. The Labute approximate surface area is 211 Å². The number of benzene rings is 2. The SMILES string of the molecule is [HH].[HH].[HH].[HH].c1cc(-c2cnc([C@@H]3CCCN3)[nH]2)ccc1-c1ccc(-c2nc([C@@H]3CCCN3)[nH]c2C2CC2)cc1. The minimum absolute atomic E-state index is 0. The monoisotopic (exact) mass is 472 g/mol. The maximum absolute atomic E-state index is 5.07. The molecule has 0 spiro atoms. The predicted octanol–water partition coefficient (Wildman–Crippen LogP) is 6.84. The Morgan fingerprint density at radius 3 is 1.86 bits per heavy atom. The first kappa shape index (κ1) is 21.1. The fraction of sp³-hybridized carbons (Fsp3) is 0.379. The zero-order valence-electron chi connectivity index (χ0n) is 20.0. The van der Waals surface area contributed by atoms with E-state index in [-0.39, 0.29) is 5.71 Å². The number of H-pyrrole nitrogens is 2. The molecule has 4 aromatic rings. The third-order valence-electron chi connectivity index (χ3n) is 7.80. The van der Waals surface area contributed by atoms with E-state index in [1.807, 2.05) is 6.20 Å². The van der Waals surface area contributed by atoms with Crippen molar-refractivity contribution in [2.24, 2.45) is 0 Å². The van der Waals surface area contributed by atoms with E-state index in [1.54, 1.807) is 0 Å². The number of nitrogens with one attached hydrogen (secondary N) is 4. The molecule has 35 heavy (non-hydrogen) atoms. The first-order valence-corrected chi connectivity index (χ1v) is 13.1. The average molecular weight is 473 g/mol. The van der Waals surface area contributed by atoms with Gasteiger partial charge in [-0.15, -0.1) is 0 Å². The van der Waals surface area contributed by atoms with Crippen LogP contribution in [0.2, 0.25) is 0 Å². The van der Waals surface area contributed by atoms with Crippen molar-refractivity contribution in [2.75, 3.05) is 13.1 Å². The van der Waals surface area contributed by atoms with Crippen LogP contribution in [0.3, 0.4) is 0 Å². The van der Waals surface area contributed by atoms with E-state index >= 15 is 0 Å². The Morgan fingerprint density at radius 2 is 1.26 bits per heavy atom. The highest BCUT2D eigenvalue weighted by Gasteiger charge is 2.31. The predicted molar refractivity (Wildman–Crippen MR) is 147 cm³/mol. The van der Waals surface area contributed by atoms with Gasteiger partial charge in [0.05, 0.1) is 29.7 Å². The molecule has 0 amide bonds. The highest BCUT2D eigenvalue weighted by Crippen LogP contribution is 2.44. The minimum atomic E-state index is 0. The van der Waals surface area contributed by atoms with Crippen LogP contribution < -0.4 is 10.6 Å². The van der Waals surface area contributed by atoms with Gasteiger partial charge in [0.1, 0.15) is 11.6 Å². The molecule has 6 nitrogen and oxygen atoms in total. The first-order valence-electron chi connectivity index (χ1n) is 13.1. The summed E-state index contributed by atoms with van der Waals surface area (Å²) in [5.74, 6) is 2.81. The minimum Gasteiger partial charge on any atom is -0.344 e. The Kier molecular flexibility index (Phi) is 5.29. The van der Waals surface area contributed by atoms with E-state index in [0.717, 1.165) is 42.5 Å². The van der Waals surface area contributed by atoms with Crippen molar-refractivity contribution in [1.29, 1.82) is 0 Å². The lowest BCUT2D eigenvalue weighted by molar-refractivity contribution is 0.611. The van der Waals surface area contributed by atoms with E-state index in [0.29, 0.717) is 18.0 Å². The van der Waals surface area contributed by atoms with Gasteiger partial charge in [-0.2, -0.15) is 0 Å². The Morgan fingerprint density at radius 1 is 0.657 bits per heavy atom. The van der Waals surface area contributed by atoms with Crippen LogP contribution in [0.15, 0.2) is 54.7 Å². The van der Waals surface area contributed by atoms with E-state index in [1.165, 1.54) is 60.1 Å². The molecular weight excluding hydrogens is 432 g/mol. The third kappa shape index (κ3) is 4.11.